The molecule has 6 heteroatoms. The van der Waals surface area contributed by atoms with Crippen LogP contribution in [-0.2, 0) is 11.3 Å². The number of methoxy groups -OCH3 is 1. The summed E-state index contributed by atoms with van der Waals surface area (Å²) in [5.74, 6) is 0.926. The lowest BCUT2D eigenvalue weighted by Crippen LogP contribution is -2.28. The van der Waals surface area contributed by atoms with Crippen LogP contribution in [0.25, 0.3) is 5.69 Å². The Morgan fingerprint density at radius 1 is 1.08 bits per heavy atom. The highest BCUT2D eigenvalue weighted by Gasteiger charge is 2.07. The summed E-state index contributed by atoms with van der Waals surface area (Å²) >= 11 is 0. The molecule has 0 unspecified atom stereocenters. The van der Waals surface area contributed by atoms with Crippen molar-refractivity contribution in [3.05, 3.63) is 72.6 Å². The van der Waals surface area contributed by atoms with Crippen molar-refractivity contribution in [2.75, 3.05) is 13.7 Å². The van der Waals surface area contributed by atoms with Gasteiger partial charge in [-0.05, 0) is 24.3 Å². The van der Waals surface area contributed by atoms with Crippen LogP contribution in [0.5, 0.6) is 11.5 Å². The Labute approximate surface area is 146 Å². The van der Waals surface area contributed by atoms with Gasteiger partial charge in [-0.25, -0.2) is 4.68 Å². The van der Waals surface area contributed by atoms with Gasteiger partial charge in [0.15, 0.2) is 18.1 Å². The number of hydrogen-bond acceptors (Lipinski definition) is 4. The van der Waals surface area contributed by atoms with Crippen molar-refractivity contribution >= 4 is 5.91 Å². The number of para-hydroxylation sites is 3. The van der Waals surface area contributed by atoms with Crippen molar-refractivity contribution in [1.29, 1.82) is 0 Å². The van der Waals surface area contributed by atoms with Crippen LogP contribution < -0.4 is 14.8 Å². The summed E-state index contributed by atoms with van der Waals surface area (Å²) in [6.45, 7) is 0.314. The Hall–Kier alpha value is -3.28. The molecule has 0 aliphatic rings. The van der Waals surface area contributed by atoms with E-state index < -0.39 is 0 Å². The molecule has 1 heterocycles. The van der Waals surface area contributed by atoms with E-state index in [1.165, 1.54) is 0 Å². The molecule has 0 saturated heterocycles. The molecular formula is C19H19N3O3. The molecule has 0 fully saturated rings. The molecule has 1 aromatic heterocycles. The maximum absolute atomic E-state index is 12.0. The third kappa shape index (κ3) is 4.38. The number of carbonyl (C=O) groups is 1. The van der Waals surface area contributed by atoms with E-state index in [0.717, 1.165) is 11.3 Å². The standard InChI is InChI=1S/C19H19N3O3/c1-24-17-9-5-6-10-18(17)25-14-19(23)20-11-15-12-21-22(13-15)16-7-3-2-4-8-16/h2-10,12-13H,11,14H2,1H3,(H,20,23). The fourth-order valence-corrected chi connectivity index (χ4v) is 2.31. The molecule has 0 aliphatic carbocycles. The minimum absolute atomic E-state index is 0.0762. The fourth-order valence-electron chi connectivity index (χ4n) is 2.31. The van der Waals surface area contributed by atoms with E-state index in [4.69, 9.17) is 9.47 Å². The molecule has 0 spiro atoms. The molecule has 2 aromatic carbocycles. The lowest BCUT2D eigenvalue weighted by Gasteiger charge is -2.10. The second kappa shape index (κ2) is 8.01. The third-order valence-electron chi connectivity index (χ3n) is 3.57. The summed E-state index contributed by atoms with van der Waals surface area (Å²) < 4.78 is 12.4. The first-order valence-electron chi connectivity index (χ1n) is 7.88. The molecule has 0 saturated carbocycles. The minimum Gasteiger partial charge on any atom is -0.493 e. The first-order chi connectivity index (χ1) is 12.3. The van der Waals surface area contributed by atoms with Gasteiger partial charge in [0, 0.05) is 18.3 Å². The number of rotatable bonds is 7. The number of amides is 1. The van der Waals surface area contributed by atoms with Crippen LogP contribution in [0.4, 0.5) is 0 Å². The molecular weight excluding hydrogens is 318 g/mol. The van der Waals surface area contributed by atoms with Crippen LogP contribution in [0, 0.1) is 0 Å². The average molecular weight is 337 g/mol. The monoisotopic (exact) mass is 337 g/mol. The zero-order valence-corrected chi connectivity index (χ0v) is 13.9. The molecule has 3 aromatic rings. The van der Waals surface area contributed by atoms with Gasteiger partial charge in [0.25, 0.3) is 5.91 Å². The number of hydrogen-bond donors (Lipinski definition) is 1. The van der Waals surface area contributed by atoms with Crippen LogP contribution >= 0.6 is 0 Å². The van der Waals surface area contributed by atoms with E-state index in [1.807, 2.05) is 48.7 Å². The molecule has 1 amide bonds. The van der Waals surface area contributed by atoms with Crippen LogP contribution in [-0.4, -0.2) is 29.4 Å². The van der Waals surface area contributed by atoms with Gasteiger partial charge >= 0.3 is 0 Å². The minimum atomic E-state index is -0.210. The largest absolute Gasteiger partial charge is 0.493 e. The van der Waals surface area contributed by atoms with Crippen molar-refractivity contribution < 1.29 is 14.3 Å². The molecule has 1 N–H and O–H groups in total. The summed E-state index contributed by atoms with van der Waals surface area (Å²) in [4.78, 5) is 12.0. The normalized spacial score (nSPS) is 10.3. The highest BCUT2D eigenvalue weighted by Crippen LogP contribution is 2.25. The zero-order chi connectivity index (χ0) is 17.5. The molecule has 0 aliphatic heterocycles. The maximum atomic E-state index is 12.0. The summed E-state index contributed by atoms with van der Waals surface area (Å²) in [6.07, 6.45) is 3.62. The molecule has 6 nitrogen and oxygen atoms in total. The average Bonchev–Trinajstić information content (AvgIpc) is 3.14. The highest BCUT2D eigenvalue weighted by atomic mass is 16.5. The van der Waals surface area contributed by atoms with E-state index in [9.17, 15) is 4.79 Å². The quantitative estimate of drug-likeness (QED) is 0.720. The summed E-state index contributed by atoms with van der Waals surface area (Å²) in [6, 6.07) is 17.0. The Kier molecular flexibility index (Phi) is 5.31. The molecule has 0 bridgehead atoms. The van der Waals surface area contributed by atoms with Crippen LogP contribution in [0.15, 0.2) is 67.0 Å². The lowest BCUT2D eigenvalue weighted by molar-refractivity contribution is -0.123. The smallest absolute Gasteiger partial charge is 0.258 e. The molecule has 0 atom stereocenters. The number of nitrogens with one attached hydrogen (secondary N) is 1. The molecule has 128 valence electrons. The number of nitrogens with zero attached hydrogens (tertiary/aromatic N) is 2. The van der Waals surface area contributed by atoms with Crippen molar-refractivity contribution in [2.45, 2.75) is 6.54 Å². The second-order valence-corrected chi connectivity index (χ2v) is 5.34. The highest BCUT2D eigenvalue weighted by molar-refractivity contribution is 5.77. The first-order valence-corrected chi connectivity index (χ1v) is 7.88. The summed E-state index contributed by atoms with van der Waals surface area (Å²) in [7, 11) is 1.56. The Balaban J connectivity index is 1.50. The van der Waals surface area contributed by atoms with Crippen LogP contribution in [0.1, 0.15) is 5.56 Å². The van der Waals surface area contributed by atoms with Crippen molar-refractivity contribution in [2.24, 2.45) is 0 Å². The van der Waals surface area contributed by atoms with Gasteiger partial charge in [-0.2, -0.15) is 5.10 Å². The Morgan fingerprint density at radius 2 is 1.80 bits per heavy atom. The predicted molar refractivity (Wildman–Crippen MR) is 93.9 cm³/mol. The number of aromatic nitrogens is 2. The Morgan fingerprint density at radius 3 is 2.56 bits per heavy atom. The SMILES string of the molecule is COc1ccccc1OCC(=O)NCc1cnn(-c2ccccc2)c1. The van der Waals surface area contributed by atoms with Gasteiger partial charge in [-0.3, -0.25) is 4.79 Å². The molecule has 25 heavy (non-hydrogen) atoms. The topological polar surface area (TPSA) is 65.4 Å². The van der Waals surface area contributed by atoms with Crippen molar-refractivity contribution in [3.8, 4) is 17.2 Å². The summed E-state index contributed by atoms with van der Waals surface area (Å²) in [5, 5.41) is 7.11. The van der Waals surface area contributed by atoms with E-state index in [1.54, 1.807) is 30.1 Å². The zero-order valence-electron chi connectivity index (χ0n) is 13.9. The van der Waals surface area contributed by atoms with Gasteiger partial charge in [-0.15, -0.1) is 0 Å². The van der Waals surface area contributed by atoms with Gasteiger partial charge in [-0.1, -0.05) is 30.3 Å². The Bertz CT molecular complexity index is 831. The number of benzene rings is 2. The number of carbonyl (C=O) groups excluding carboxylic acids is 1. The first kappa shape index (κ1) is 16.6. The van der Waals surface area contributed by atoms with Gasteiger partial charge in [0.05, 0.1) is 19.0 Å². The van der Waals surface area contributed by atoms with Crippen molar-refractivity contribution in [3.63, 3.8) is 0 Å². The molecule has 0 radical (unpaired) electrons. The van der Waals surface area contributed by atoms with E-state index in [2.05, 4.69) is 10.4 Å². The van der Waals surface area contributed by atoms with Crippen molar-refractivity contribution in [1.82, 2.24) is 15.1 Å². The molecule has 3 rings (SSSR count). The van der Waals surface area contributed by atoms with Gasteiger partial charge in [0.1, 0.15) is 0 Å². The van der Waals surface area contributed by atoms with E-state index >= 15 is 0 Å². The third-order valence-corrected chi connectivity index (χ3v) is 3.57. The van der Waals surface area contributed by atoms with Gasteiger partial charge in [0.2, 0.25) is 0 Å². The maximum Gasteiger partial charge on any atom is 0.258 e. The second-order valence-electron chi connectivity index (χ2n) is 5.34. The van der Waals surface area contributed by atoms with Crippen LogP contribution in [0.2, 0.25) is 0 Å². The van der Waals surface area contributed by atoms with E-state index in [0.29, 0.717) is 18.0 Å². The lowest BCUT2D eigenvalue weighted by atomic mass is 10.3. The predicted octanol–water partition coefficient (Wildman–Crippen LogP) is 2.58. The van der Waals surface area contributed by atoms with Crippen LogP contribution in [0.3, 0.4) is 0 Å². The van der Waals surface area contributed by atoms with E-state index in [-0.39, 0.29) is 12.5 Å². The van der Waals surface area contributed by atoms with Gasteiger partial charge < -0.3 is 14.8 Å². The number of ether oxygens (including phenoxy) is 2. The fraction of sp³-hybridized carbons (Fsp3) is 0.158. The summed E-state index contributed by atoms with van der Waals surface area (Å²) in [5.41, 5.74) is 1.88.